The summed E-state index contributed by atoms with van der Waals surface area (Å²) in [5, 5.41) is 5.92. The van der Waals surface area contributed by atoms with Crippen molar-refractivity contribution in [1.29, 1.82) is 0 Å². The van der Waals surface area contributed by atoms with Crippen molar-refractivity contribution in [2.45, 2.75) is 19.4 Å². The van der Waals surface area contributed by atoms with Crippen molar-refractivity contribution >= 4 is 10.8 Å². The van der Waals surface area contributed by atoms with Crippen LogP contribution in [0.2, 0.25) is 0 Å². The summed E-state index contributed by atoms with van der Waals surface area (Å²) in [6.45, 7) is 3.55. The van der Waals surface area contributed by atoms with Crippen LogP contribution in [0.5, 0.6) is 0 Å². The number of benzene rings is 1. The minimum Gasteiger partial charge on any atom is -0.380 e. The van der Waals surface area contributed by atoms with Crippen molar-refractivity contribution in [1.82, 2.24) is 10.3 Å². The van der Waals surface area contributed by atoms with Crippen molar-refractivity contribution < 1.29 is 4.74 Å². The lowest BCUT2D eigenvalue weighted by Gasteiger charge is -2.08. The molecule has 0 atom stereocenters. The number of pyridine rings is 1. The van der Waals surface area contributed by atoms with Crippen LogP contribution in [0.1, 0.15) is 18.4 Å². The normalized spacial score (nSPS) is 14.9. The average molecular weight is 256 g/mol. The Hall–Kier alpha value is -1.45. The lowest BCUT2D eigenvalue weighted by molar-refractivity contribution is 0.126. The van der Waals surface area contributed by atoms with Gasteiger partial charge in [-0.15, -0.1) is 0 Å². The van der Waals surface area contributed by atoms with Gasteiger partial charge in [0.15, 0.2) is 0 Å². The third kappa shape index (κ3) is 3.52. The molecule has 3 nitrogen and oxygen atoms in total. The van der Waals surface area contributed by atoms with Crippen LogP contribution >= 0.6 is 0 Å². The molecule has 1 aliphatic carbocycles. The van der Waals surface area contributed by atoms with Crippen molar-refractivity contribution in [3.8, 4) is 0 Å². The van der Waals surface area contributed by atoms with Gasteiger partial charge in [0.1, 0.15) is 0 Å². The van der Waals surface area contributed by atoms with E-state index in [0.29, 0.717) is 0 Å². The zero-order valence-electron chi connectivity index (χ0n) is 11.1. The summed E-state index contributed by atoms with van der Waals surface area (Å²) in [7, 11) is 0. The van der Waals surface area contributed by atoms with Crippen LogP contribution in [0.3, 0.4) is 0 Å². The summed E-state index contributed by atoms with van der Waals surface area (Å²) >= 11 is 0. The molecule has 0 spiro atoms. The monoisotopic (exact) mass is 256 g/mol. The average Bonchev–Trinajstić information content (AvgIpc) is 3.27. The molecule has 0 bridgehead atoms. The highest BCUT2D eigenvalue weighted by Crippen LogP contribution is 2.28. The summed E-state index contributed by atoms with van der Waals surface area (Å²) in [6.07, 6.45) is 6.48. The Kier molecular flexibility index (Phi) is 4.06. The zero-order chi connectivity index (χ0) is 12.9. The maximum absolute atomic E-state index is 5.61. The second-order valence-corrected chi connectivity index (χ2v) is 5.21. The van der Waals surface area contributed by atoms with Gasteiger partial charge in [-0.25, -0.2) is 0 Å². The Morgan fingerprint density at radius 2 is 2.21 bits per heavy atom. The first-order chi connectivity index (χ1) is 9.43. The molecule has 1 N–H and O–H groups in total. The maximum atomic E-state index is 5.61. The Morgan fingerprint density at radius 1 is 1.26 bits per heavy atom. The number of nitrogens with one attached hydrogen (secondary N) is 1. The molecule has 1 aliphatic rings. The van der Waals surface area contributed by atoms with Crippen LogP contribution < -0.4 is 5.32 Å². The van der Waals surface area contributed by atoms with Crippen LogP contribution in [-0.4, -0.2) is 24.7 Å². The molecule has 100 valence electrons. The minimum absolute atomic E-state index is 0.808. The maximum Gasteiger partial charge on any atom is 0.0591 e. The van der Waals surface area contributed by atoms with E-state index in [4.69, 9.17) is 4.74 Å². The first-order valence-corrected chi connectivity index (χ1v) is 7.03. The molecule has 2 aromatic rings. The molecule has 1 heterocycles. The Balaban J connectivity index is 1.47. The van der Waals surface area contributed by atoms with Gasteiger partial charge in [0.25, 0.3) is 0 Å². The van der Waals surface area contributed by atoms with Crippen molar-refractivity contribution in [3.05, 3.63) is 42.2 Å². The topological polar surface area (TPSA) is 34.1 Å². The first kappa shape index (κ1) is 12.6. The number of ether oxygens (including phenoxy) is 1. The van der Waals surface area contributed by atoms with Crippen LogP contribution in [0.4, 0.5) is 0 Å². The lowest BCUT2D eigenvalue weighted by Crippen LogP contribution is -2.19. The van der Waals surface area contributed by atoms with E-state index < -0.39 is 0 Å². The quantitative estimate of drug-likeness (QED) is 0.773. The number of hydrogen-bond acceptors (Lipinski definition) is 3. The van der Waals surface area contributed by atoms with Gasteiger partial charge in [-0.3, -0.25) is 4.98 Å². The highest BCUT2D eigenvalue weighted by molar-refractivity contribution is 5.84. The molecule has 1 fully saturated rings. The van der Waals surface area contributed by atoms with Gasteiger partial charge in [-0.05, 0) is 35.8 Å². The molecule has 19 heavy (non-hydrogen) atoms. The second-order valence-electron chi connectivity index (χ2n) is 5.21. The molecule has 0 unspecified atom stereocenters. The molecule has 0 radical (unpaired) electrons. The van der Waals surface area contributed by atoms with Crippen LogP contribution in [0, 0.1) is 5.92 Å². The molecule has 1 saturated carbocycles. The Bertz CT molecular complexity index is 532. The summed E-state index contributed by atoms with van der Waals surface area (Å²) in [4.78, 5) is 4.16. The molecule has 1 aromatic carbocycles. The number of hydrogen-bond donors (Lipinski definition) is 1. The minimum atomic E-state index is 0.808. The van der Waals surface area contributed by atoms with Crippen LogP contribution in [-0.2, 0) is 11.3 Å². The number of fused-ring (bicyclic) bond motifs is 1. The summed E-state index contributed by atoms with van der Waals surface area (Å²) in [6, 6.07) is 8.44. The molecule has 3 rings (SSSR count). The third-order valence-corrected chi connectivity index (χ3v) is 3.56. The largest absolute Gasteiger partial charge is 0.380 e. The SMILES string of the molecule is c1cc(CNCCOCC2CC2)c2ccncc2c1. The van der Waals surface area contributed by atoms with Crippen molar-refractivity contribution in [3.63, 3.8) is 0 Å². The van der Waals surface area contributed by atoms with E-state index in [1.165, 1.54) is 29.2 Å². The van der Waals surface area contributed by atoms with E-state index >= 15 is 0 Å². The molecule has 0 amide bonds. The summed E-state index contributed by atoms with van der Waals surface area (Å²) in [5.74, 6) is 0.852. The fourth-order valence-corrected chi connectivity index (χ4v) is 2.25. The first-order valence-electron chi connectivity index (χ1n) is 7.03. The van der Waals surface area contributed by atoms with Crippen LogP contribution in [0.15, 0.2) is 36.7 Å². The standard InChI is InChI=1S/C16H20N2O/c1-2-14-10-17-7-6-16(14)15(3-1)11-18-8-9-19-12-13-4-5-13/h1-3,6-7,10,13,18H,4-5,8-9,11-12H2. The van der Waals surface area contributed by atoms with E-state index in [9.17, 15) is 0 Å². The summed E-state index contributed by atoms with van der Waals surface area (Å²) < 4.78 is 5.61. The van der Waals surface area contributed by atoms with E-state index in [0.717, 1.165) is 32.2 Å². The predicted octanol–water partition coefficient (Wildman–Crippen LogP) is 2.75. The molecular formula is C16H20N2O. The van der Waals surface area contributed by atoms with E-state index in [1.54, 1.807) is 0 Å². The Morgan fingerprint density at radius 3 is 3.11 bits per heavy atom. The fourth-order valence-electron chi connectivity index (χ4n) is 2.25. The van der Waals surface area contributed by atoms with E-state index in [-0.39, 0.29) is 0 Å². The number of nitrogens with zero attached hydrogens (tertiary/aromatic N) is 1. The van der Waals surface area contributed by atoms with Gasteiger partial charge in [-0.1, -0.05) is 18.2 Å². The number of rotatable bonds is 7. The second kappa shape index (κ2) is 6.13. The van der Waals surface area contributed by atoms with Gasteiger partial charge in [0.05, 0.1) is 6.61 Å². The third-order valence-electron chi connectivity index (χ3n) is 3.56. The highest BCUT2D eigenvalue weighted by atomic mass is 16.5. The van der Waals surface area contributed by atoms with Gasteiger partial charge in [0, 0.05) is 37.5 Å². The fraction of sp³-hybridized carbons (Fsp3) is 0.438. The molecule has 1 aromatic heterocycles. The van der Waals surface area contributed by atoms with Gasteiger partial charge < -0.3 is 10.1 Å². The van der Waals surface area contributed by atoms with Crippen molar-refractivity contribution in [2.24, 2.45) is 5.92 Å². The van der Waals surface area contributed by atoms with E-state index in [1.807, 2.05) is 12.4 Å². The Labute approximate surface area is 114 Å². The van der Waals surface area contributed by atoms with Gasteiger partial charge >= 0.3 is 0 Å². The van der Waals surface area contributed by atoms with Crippen LogP contribution in [0.25, 0.3) is 10.8 Å². The lowest BCUT2D eigenvalue weighted by atomic mass is 10.1. The van der Waals surface area contributed by atoms with E-state index in [2.05, 4.69) is 34.6 Å². The van der Waals surface area contributed by atoms with Crippen molar-refractivity contribution in [2.75, 3.05) is 19.8 Å². The molecule has 0 saturated heterocycles. The highest BCUT2D eigenvalue weighted by Gasteiger charge is 2.20. The molecule has 3 heteroatoms. The zero-order valence-corrected chi connectivity index (χ0v) is 11.1. The number of aromatic nitrogens is 1. The van der Waals surface area contributed by atoms with Gasteiger partial charge in [0.2, 0.25) is 0 Å². The van der Waals surface area contributed by atoms with Gasteiger partial charge in [-0.2, -0.15) is 0 Å². The molecular weight excluding hydrogens is 236 g/mol. The predicted molar refractivity (Wildman–Crippen MR) is 77.0 cm³/mol. The summed E-state index contributed by atoms with van der Waals surface area (Å²) in [5.41, 5.74) is 1.32. The molecule has 0 aliphatic heterocycles. The smallest absolute Gasteiger partial charge is 0.0591 e.